The van der Waals surface area contributed by atoms with E-state index in [1.165, 1.54) is 16.9 Å². The summed E-state index contributed by atoms with van der Waals surface area (Å²) in [5.74, 6) is 0.362. The van der Waals surface area contributed by atoms with Gasteiger partial charge >= 0.3 is 0 Å². The molecule has 2 rings (SSSR count). The van der Waals surface area contributed by atoms with Gasteiger partial charge in [-0.15, -0.1) is 11.3 Å². The molecule has 0 aliphatic rings. The highest BCUT2D eigenvalue weighted by Gasteiger charge is 2.13. The molecular weight excluding hydrogens is 344 g/mol. The van der Waals surface area contributed by atoms with Gasteiger partial charge in [0.05, 0.1) is 14.9 Å². The highest BCUT2D eigenvalue weighted by atomic mass is 35.5. The second-order valence-corrected chi connectivity index (χ2v) is 8.03. The molecule has 0 bridgehead atoms. The molecule has 6 heteroatoms. The summed E-state index contributed by atoms with van der Waals surface area (Å²) in [4.78, 5) is 12.7. The number of hydrogen-bond donors (Lipinski definition) is 2. The molecule has 0 saturated heterocycles. The van der Waals surface area contributed by atoms with Crippen molar-refractivity contribution >= 4 is 34.5 Å². The van der Waals surface area contributed by atoms with Crippen LogP contribution in [0.25, 0.3) is 5.70 Å². The van der Waals surface area contributed by atoms with Crippen LogP contribution in [0.4, 0.5) is 0 Å². The number of carbonyl (C=O) groups is 1. The van der Waals surface area contributed by atoms with E-state index >= 15 is 0 Å². The predicted molar refractivity (Wildman–Crippen MR) is 100 cm³/mol. The first kappa shape index (κ1) is 18.4. The van der Waals surface area contributed by atoms with E-state index in [0.29, 0.717) is 15.8 Å². The van der Waals surface area contributed by atoms with E-state index in [0.717, 1.165) is 4.88 Å². The fourth-order valence-electron chi connectivity index (χ4n) is 1.92. The Morgan fingerprint density at radius 2 is 1.83 bits per heavy atom. The molecule has 0 radical (unpaired) electrons. The zero-order valence-electron chi connectivity index (χ0n) is 14.0. The van der Waals surface area contributed by atoms with Gasteiger partial charge in [0, 0.05) is 0 Å². The predicted octanol–water partition coefficient (Wildman–Crippen LogP) is 4.37. The number of amides is 1. The van der Waals surface area contributed by atoms with Crippen LogP contribution in [0, 0.1) is 0 Å². The molecule has 2 aromatic rings. The van der Waals surface area contributed by atoms with Gasteiger partial charge in [0.2, 0.25) is 0 Å². The summed E-state index contributed by atoms with van der Waals surface area (Å²) in [6.07, 6.45) is 0. The number of thiophene rings is 1. The van der Waals surface area contributed by atoms with Gasteiger partial charge in [0.1, 0.15) is 5.75 Å². The second kappa shape index (κ2) is 7.73. The Morgan fingerprint density at radius 3 is 2.38 bits per heavy atom. The Labute approximate surface area is 151 Å². The number of halogens is 1. The third kappa shape index (κ3) is 5.28. The van der Waals surface area contributed by atoms with E-state index in [2.05, 4.69) is 38.2 Å². The van der Waals surface area contributed by atoms with Crippen molar-refractivity contribution in [1.82, 2.24) is 10.9 Å². The van der Waals surface area contributed by atoms with Crippen LogP contribution in [0.5, 0.6) is 5.75 Å². The van der Waals surface area contributed by atoms with Crippen molar-refractivity contribution in [3.63, 3.8) is 0 Å². The molecule has 0 aliphatic heterocycles. The Hall–Kier alpha value is -1.98. The molecule has 128 valence electrons. The summed E-state index contributed by atoms with van der Waals surface area (Å²) in [5, 5.41) is 0. The van der Waals surface area contributed by atoms with E-state index in [1.54, 1.807) is 6.07 Å². The molecule has 24 heavy (non-hydrogen) atoms. The number of hydrogen-bond acceptors (Lipinski definition) is 4. The van der Waals surface area contributed by atoms with Crippen molar-refractivity contribution < 1.29 is 9.53 Å². The van der Waals surface area contributed by atoms with Gasteiger partial charge in [-0.05, 0) is 35.2 Å². The first-order valence-electron chi connectivity index (χ1n) is 7.48. The molecule has 1 aromatic heterocycles. The summed E-state index contributed by atoms with van der Waals surface area (Å²) in [6.45, 7) is 10.2. The van der Waals surface area contributed by atoms with E-state index < -0.39 is 0 Å². The van der Waals surface area contributed by atoms with Gasteiger partial charge < -0.3 is 4.74 Å². The summed E-state index contributed by atoms with van der Waals surface area (Å²) >= 11 is 7.25. The summed E-state index contributed by atoms with van der Waals surface area (Å²) in [6, 6.07) is 11.4. The highest BCUT2D eigenvalue weighted by Crippen LogP contribution is 2.25. The molecule has 0 saturated carbocycles. The van der Waals surface area contributed by atoms with Crippen LogP contribution in [-0.4, -0.2) is 12.5 Å². The maximum atomic E-state index is 11.8. The van der Waals surface area contributed by atoms with Crippen molar-refractivity contribution in [1.29, 1.82) is 0 Å². The minimum absolute atomic E-state index is 0.0830. The third-order valence-electron chi connectivity index (χ3n) is 3.31. The van der Waals surface area contributed by atoms with Crippen LogP contribution in [0.2, 0.25) is 4.34 Å². The molecule has 2 N–H and O–H groups in total. The minimum Gasteiger partial charge on any atom is -0.484 e. The lowest BCUT2D eigenvalue weighted by molar-refractivity contribution is -0.123. The van der Waals surface area contributed by atoms with Gasteiger partial charge in [0.15, 0.2) is 6.61 Å². The molecule has 1 heterocycles. The van der Waals surface area contributed by atoms with E-state index in [-0.39, 0.29) is 17.9 Å². The lowest BCUT2D eigenvalue weighted by Gasteiger charge is -2.19. The lowest BCUT2D eigenvalue weighted by atomic mass is 9.87. The molecule has 0 unspecified atom stereocenters. The Kier molecular flexibility index (Phi) is 5.91. The summed E-state index contributed by atoms with van der Waals surface area (Å²) in [7, 11) is 0. The van der Waals surface area contributed by atoms with Crippen LogP contribution in [0.15, 0.2) is 43.0 Å². The molecule has 4 nitrogen and oxygen atoms in total. The quantitative estimate of drug-likeness (QED) is 0.748. The van der Waals surface area contributed by atoms with Gasteiger partial charge in [-0.25, -0.2) is 0 Å². The highest BCUT2D eigenvalue weighted by molar-refractivity contribution is 7.17. The smallest absolute Gasteiger partial charge is 0.276 e. The standard InChI is InChI=1S/C18H21ClN2O2S/c1-12(15-9-10-16(19)24-15)20-21-17(22)11-23-14-7-5-13(6-8-14)18(2,3)4/h5-10,20H,1,11H2,2-4H3,(H,21,22). The lowest BCUT2D eigenvalue weighted by Crippen LogP contribution is -2.38. The average Bonchev–Trinajstić information content (AvgIpc) is 2.96. The van der Waals surface area contributed by atoms with Crippen molar-refractivity contribution in [3.8, 4) is 5.75 Å². The number of ether oxygens (including phenoxy) is 1. The molecule has 0 atom stereocenters. The molecule has 0 spiro atoms. The Morgan fingerprint density at radius 1 is 1.17 bits per heavy atom. The largest absolute Gasteiger partial charge is 0.484 e. The van der Waals surface area contributed by atoms with Crippen LogP contribution >= 0.6 is 22.9 Å². The molecule has 1 amide bonds. The van der Waals surface area contributed by atoms with E-state index in [4.69, 9.17) is 16.3 Å². The van der Waals surface area contributed by atoms with Crippen molar-refractivity contribution in [2.75, 3.05) is 6.61 Å². The van der Waals surface area contributed by atoms with Crippen molar-refractivity contribution in [2.24, 2.45) is 0 Å². The number of rotatable bonds is 6. The normalized spacial score (nSPS) is 11.0. The average molecular weight is 365 g/mol. The zero-order chi connectivity index (χ0) is 17.7. The number of carbonyl (C=O) groups excluding carboxylic acids is 1. The fourth-order valence-corrected chi connectivity index (χ4v) is 2.89. The fraction of sp³-hybridized carbons (Fsp3) is 0.278. The summed E-state index contributed by atoms with van der Waals surface area (Å²) < 4.78 is 6.15. The van der Waals surface area contributed by atoms with Crippen LogP contribution in [0.1, 0.15) is 31.2 Å². The maximum Gasteiger partial charge on any atom is 0.276 e. The van der Waals surface area contributed by atoms with Crippen LogP contribution in [-0.2, 0) is 10.2 Å². The first-order valence-corrected chi connectivity index (χ1v) is 8.68. The van der Waals surface area contributed by atoms with Crippen molar-refractivity contribution in [2.45, 2.75) is 26.2 Å². The van der Waals surface area contributed by atoms with Gasteiger partial charge in [-0.2, -0.15) is 0 Å². The Balaban J connectivity index is 1.78. The zero-order valence-corrected chi connectivity index (χ0v) is 15.6. The topological polar surface area (TPSA) is 50.4 Å². The van der Waals surface area contributed by atoms with Crippen LogP contribution < -0.4 is 15.6 Å². The molecule has 1 aromatic carbocycles. The molecular formula is C18H21ClN2O2S. The molecule has 0 fully saturated rings. The van der Waals surface area contributed by atoms with Crippen molar-refractivity contribution in [3.05, 3.63) is 57.8 Å². The van der Waals surface area contributed by atoms with E-state index in [1.807, 2.05) is 30.3 Å². The maximum absolute atomic E-state index is 11.8. The van der Waals surface area contributed by atoms with Crippen LogP contribution in [0.3, 0.4) is 0 Å². The van der Waals surface area contributed by atoms with Gasteiger partial charge in [-0.1, -0.05) is 51.1 Å². The van der Waals surface area contributed by atoms with Gasteiger partial charge in [0.25, 0.3) is 5.91 Å². The molecule has 0 aliphatic carbocycles. The minimum atomic E-state index is -0.293. The SMILES string of the molecule is C=C(NNC(=O)COc1ccc(C(C)(C)C)cc1)c1ccc(Cl)s1. The first-order chi connectivity index (χ1) is 11.3. The Bertz CT molecular complexity index is 717. The van der Waals surface area contributed by atoms with E-state index in [9.17, 15) is 4.79 Å². The van der Waals surface area contributed by atoms with Gasteiger partial charge in [-0.3, -0.25) is 15.6 Å². The second-order valence-electron chi connectivity index (χ2n) is 6.32. The third-order valence-corrected chi connectivity index (χ3v) is 4.60. The summed E-state index contributed by atoms with van der Waals surface area (Å²) in [5.41, 5.74) is 7.18. The monoisotopic (exact) mass is 364 g/mol. The number of benzene rings is 1. The number of hydrazine groups is 1. The number of nitrogens with one attached hydrogen (secondary N) is 2.